The van der Waals surface area contributed by atoms with Crippen molar-refractivity contribution in [1.82, 2.24) is 5.32 Å². The van der Waals surface area contributed by atoms with Crippen LogP contribution >= 0.6 is 0 Å². The lowest BCUT2D eigenvalue weighted by Crippen LogP contribution is -2.31. The monoisotopic (exact) mass is 229 g/mol. The zero-order valence-electron chi connectivity index (χ0n) is 11.7. The molecule has 0 saturated carbocycles. The normalized spacial score (nSPS) is 13.3. The van der Waals surface area contributed by atoms with Gasteiger partial charge in [-0.3, -0.25) is 0 Å². The third-order valence-corrected chi connectivity index (χ3v) is 2.98. The van der Waals surface area contributed by atoms with Crippen molar-refractivity contribution >= 4 is 0 Å². The molecule has 1 unspecified atom stereocenters. The molecule has 0 amide bonds. The second-order valence-corrected chi connectivity index (χ2v) is 4.98. The number of rotatable bonds is 11. The quantitative estimate of drug-likeness (QED) is 0.547. The van der Waals surface area contributed by atoms with Crippen molar-refractivity contribution in [1.29, 1.82) is 0 Å². The molecule has 0 fully saturated rings. The van der Waals surface area contributed by atoms with Crippen LogP contribution in [0.25, 0.3) is 0 Å². The molecule has 0 aromatic heterocycles. The first kappa shape index (κ1) is 15.9. The lowest BCUT2D eigenvalue weighted by molar-refractivity contribution is 0.0220. The Morgan fingerprint density at radius 3 is 2.19 bits per heavy atom. The van der Waals surface area contributed by atoms with Crippen molar-refractivity contribution in [3.63, 3.8) is 0 Å². The van der Waals surface area contributed by atoms with Gasteiger partial charge in [0.1, 0.15) is 0 Å². The van der Waals surface area contributed by atoms with Crippen molar-refractivity contribution in [2.75, 3.05) is 20.2 Å². The van der Waals surface area contributed by atoms with Crippen LogP contribution in [0.1, 0.15) is 59.3 Å². The molecule has 0 aliphatic carbocycles. The Balaban J connectivity index is 3.33. The predicted octanol–water partition coefficient (Wildman–Crippen LogP) is 3.61. The molecule has 16 heavy (non-hydrogen) atoms. The Labute approximate surface area is 102 Å². The van der Waals surface area contributed by atoms with Crippen LogP contribution < -0.4 is 5.32 Å². The summed E-state index contributed by atoms with van der Waals surface area (Å²) in [6, 6.07) is 0. The van der Waals surface area contributed by atoms with Gasteiger partial charge in [0.05, 0.1) is 6.10 Å². The number of nitrogens with one attached hydrogen (secondary N) is 1. The zero-order chi connectivity index (χ0) is 12.2. The Bertz CT molecular complexity index is 137. The molecule has 0 aliphatic heterocycles. The molecule has 1 N–H and O–H groups in total. The summed E-state index contributed by atoms with van der Waals surface area (Å²) in [4.78, 5) is 0. The molecule has 0 rings (SSSR count). The summed E-state index contributed by atoms with van der Waals surface area (Å²) in [5.74, 6) is 0.604. The first-order valence-electron chi connectivity index (χ1n) is 6.98. The zero-order valence-corrected chi connectivity index (χ0v) is 11.7. The molecular formula is C14H31NO. The first-order valence-corrected chi connectivity index (χ1v) is 6.98. The minimum absolute atomic E-state index is 0.376. The second-order valence-electron chi connectivity index (χ2n) is 4.98. The van der Waals surface area contributed by atoms with Crippen molar-refractivity contribution in [3.05, 3.63) is 0 Å². The van der Waals surface area contributed by atoms with E-state index in [2.05, 4.69) is 26.1 Å². The third-order valence-electron chi connectivity index (χ3n) is 2.98. The largest absolute Gasteiger partial charge is 0.377 e. The van der Waals surface area contributed by atoms with Crippen molar-refractivity contribution in [2.45, 2.75) is 65.4 Å². The molecule has 0 aliphatic rings. The Hall–Kier alpha value is -0.0800. The van der Waals surface area contributed by atoms with E-state index in [1.807, 2.05) is 7.05 Å². The van der Waals surface area contributed by atoms with E-state index in [0.29, 0.717) is 12.0 Å². The van der Waals surface area contributed by atoms with E-state index in [1.54, 1.807) is 0 Å². The van der Waals surface area contributed by atoms with Crippen LogP contribution in [0.15, 0.2) is 0 Å². The fraction of sp³-hybridized carbons (Fsp3) is 1.00. The summed E-state index contributed by atoms with van der Waals surface area (Å²) < 4.78 is 5.89. The summed E-state index contributed by atoms with van der Waals surface area (Å²) in [6.45, 7) is 8.60. The molecule has 1 atom stereocenters. The van der Waals surface area contributed by atoms with Crippen LogP contribution in [-0.2, 0) is 4.74 Å². The number of hydrogen-bond acceptors (Lipinski definition) is 2. The van der Waals surface area contributed by atoms with Crippen LogP contribution in [0.4, 0.5) is 0 Å². The molecule has 2 nitrogen and oxygen atoms in total. The summed E-state index contributed by atoms with van der Waals surface area (Å²) in [6.07, 6.45) is 8.39. The molecule has 0 spiro atoms. The standard InChI is InChI=1S/C14H31NO/c1-5-6-7-8-9-10-11-16-14(12-15-4)13(2)3/h13-15H,5-12H2,1-4H3. The number of ether oxygens (including phenoxy) is 1. The maximum absolute atomic E-state index is 5.89. The van der Waals surface area contributed by atoms with Gasteiger partial charge in [-0.15, -0.1) is 0 Å². The molecule has 0 saturated heterocycles. The Morgan fingerprint density at radius 2 is 1.62 bits per heavy atom. The topological polar surface area (TPSA) is 21.3 Å². The minimum Gasteiger partial charge on any atom is -0.377 e. The fourth-order valence-electron chi connectivity index (χ4n) is 1.81. The molecule has 98 valence electrons. The van der Waals surface area contributed by atoms with Gasteiger partial charge in [0.25, 0.3) is 0 Å². The lowest BCUT2D eigenvalue weighted by Gasteiger charge is -2.21. The fourth-order valence-corrected chi connectivity index (χ4v) is 1.81. The average molecular weight is 229 g/mol. The SMILES string of the molecule is CCCCCCCCOC(CNC)C(C)C. The molecule has 0 heterocycles. The van der Waals surface area contributed by atoms with E-state index in [-0.39, 0.29) is 0 Å². The van der Waals surface area contributed by atoms with Crippen molar-refractivity contribution in [2.24, 2.45) is 5.92 Å². The van der Waals surface area contributed by atoms with Gasteiger partial charge in [-0.25, -0.2) is 0 Å². The second kappa shape index (κ2) is 11.4. The van der Waals surface area contributed by atoms with Crippen molar-refractivity contribution in [3.8, 4) is 0 Å². The van der Waals surface area contributed by atoms with Gasteiger partial charge in [0.2, 0.25) is 0 Å². The summed E-state index contributed by atoms with van der Waals surface area (Å²) in [5, 5.41) is 3.19. The summed E-state index contributed by atoms with van der Waals surface area (Å²) in [7, 11) is 1.99. The highest BCUT2D eigenvalue weighted by Crippen LogP contribution is 2.09. The molecule has 0 aromatic rings. The maximum atomic E-state index is 5.89. The first-order chi connectivity index (χ1) is 7.72. The van der Waals surface area contributed by atoms with E-state index in [0.717, 1.165) is 13.2 Å². The van der Waals surface area contributed by atoms with E-state index in [1.165, 1.54) is 38.5 Å². The highest BCUT2D eigenvalue weighted by Gasteiger charge is 2.11. The highest BCUT2D eigenvalue weighted by molar-refractivity contribution is 4.64. The molecule has 2 heteroatoms. The van der Waals surface area contributed by atoms with E-state index >= 15 is 0 Å². The van der Waals surface area contributed by atoms with Crippen LogP contribution in [0.2, 0.25) is 0 Å². The van der Waals surface area contributed by atoms with Gasteiger partial charge in [0, 0.05) is 13.2 Å². The van der Waals surface area contributed by atoms with Crippen LogP contribution in [0.5, 0.6) is 0 Å². The van der Waals surface area contributed by atoms with Gasteiger partial charge in [0.15, 0.2) is 0 Å². The van der Waals surface area contributed by atoms with Crippen molar-refractivity contribution < 1.29 is 4.74 Å². The Morgan fingerprint density at radius 1 is 1.00 bits per heavy atom. The summed E-state index contributed by atoms with van der Waals surface area (Å²) in [5.41, 5.74) is 0. The molecule has 0 aromatic carbocycles. The molecule has 0 bridgehead atoms. The van der Waals surface area contributed by atoms with Crippen LogP contribution in [0.3, 0.4) is 0 Å². The molecule has 0 radical (unpaired) electrons. The van der Waals surface area contributed by atoms with Gasteiger partial charge >= 0.3 is 0 Å². The maximum Gasteiger partial charge on any atom is 0.0722 e. The number of unbranched alkanes of at least 4 members (excludes halogenated alkanes) is 5. The minimum atomic E-state index is 0.376. The van der Waals surface area contributed by atoms with Crippen LogP contribution in [-0.4, -0.2) is 26.3 Å². The van der Waals surface area contributed by atoms with Gasteiger partial charge < -0.3 is 10.1 Å². The van der Waals surface area contributed by atoms with E-state index < -0.39 is 0 Å². The highest BCUT2D eigenvalue weighted by atomic mass is 16.5. The number of hydrogen-bond donors (Lipinski definition) is 1. The Kier molecular flexibility index (Phi) is 11.3. The van der Waals surface area contributed by atoms with Gasteiger partial charge in [-0.2, -0.15) is 0 Å². The lowest BCUT2D eigenvalue weighted by atomic mass is 10.1. The van der Waals surface area contributed by atoms with E-state index in [9.17, 15) is 0 Å². The smallest absolute Gasteiger partial charge is 0.0722 e. The van der Waals surface area contributed by atoms with Gasteiger partial charge in [-0.1, -0.05) is 52.9 Å². The predicted molar refractivity (Wildman–Crippen MR) is 71.9 cm³/mol. The van der Waals surface area contributed by atoms with Crippen LogP contribution in [0, 0.1) is 5.92 Å². The third kappa shape index (κ3) is 9.17. The van der Waals surface area contributed by atoms with Gasteiger partial charge in [-0.05, 0) is 19.4 Å². The number of likely N-dealkylation sites (N-methyl/N-ethyl adjacent to an activating group) is 1. The van der Waals surface area contributed by atoms with E-state index in [4.69, 9.17) is 4.74 Å². The molecular weight excluding hydrogens is 198 g/mol. The average Bonchev–Trinajstić information content (AvgIpc) is 2.26. The summed E-state index contributed by atoms with van der Waals surface area (Å²) >= 11 is 0.